The molecule has 2 aromatic heterocycles. The molecule has 158 valence electrons. The lowest BCUT2D eigenvalue weighted by Crippen LogP contribution is -2.22. The first-order valence-corrected chi connectivity index (χ1v) is 9.87. The predicted molar refractivity (Wildman–Crippen MR) is 111 cm³/mol. The summed E-state index contributed by atoms with van der Waals surface area (Å²) in [7, 11) is 0. The van der Waals surface area contributed by atoms with Gasteiger partial charge < -0.3 is 14.2 Å². The highest BCUT2D eigenvalue weighted by atomic mass is 35.5. The highest BCUT2D eigenvalue weighted by Crippen LogP contribution is 2.25. The molecule has 2 heterocycles. The first-order valence-electron chi connectivity index (χ1n) is 9.49. The van der Waals surface area contributed by atoms with Gasteiger partial charge in [-0.2, -0.15) is 0 Å². The maximum Gasteiger partial charge on any atom is 0.220 e. The molecule has 31 heavy (non-hydrogen) atoms. The largest absolute Gasteiger partial charge is 0.459 e. The minimum atomic E-state index is -0.739. The summed E-state index contributed by atoms with van der Waals surface area (Å²) in [4.78, 5) is 16.2. The van der Waals surface area contributed by atoms with E-state index in [0.717, 1.165) is 17.7 Å². The summed E-state index contributed by atoms with van der Waals surface area (Å²) in [5, 5.41) is 3.41. The summed E-state index contributed by atoms with van der Waals surface area (Å²) < 4.78 is 38.1. The third-order valence-corrected chi connectivity index (χ3v) is 4.82. The lowest BCUT2D eigenvalue weighted by Gasteiger charge is -2.02. The number of benzene rings is 2. The van der Waals surface area contributed by atoms with E-state index < -0.39 is 11.6 Å². The van der Waals surface area contributed by atoms with E-state index in [1.807, 2.05) is 18.2 Å². The molecule has 0 aliphatic heterocycles. The molecule has 0 bridgehead atoms. The minimum Gasteiger partial charge on any atom is -0.459 e. The van der Waals surface area contributed by atoms with Gasteiger partial charge in [0.05, 0.1) is 18.3 Å². The number of rotatable bonds is 7. The van der Waals surface area contributed by atoms with Crippen molar-refractivity contribution in [3.63, 3.8) is 0 Å². The molecular weight excluding hydrogens is 426 g/mol. The second-order valence-electron chi connectivity index (χ2n) is 6.79. The Morgan fingerprint density at radius 1 is 1.00 bits per heavy atom. The third kappa shape index (κ3) is 5.19. The molecule has 0 radical (unpaired) electrons. The number of aryl methyl sites for hydroxylation is 1. The average Bonchev–Trinajstić information content (AvgIpc) is 3.41. The van der Waals surface area contributed by atoms with Crippen LogP contribution in [0.3, 0.4) is 0 Å². The van der Waals surface area contributed by atoms with E-state index in [2.05, 4.69) is 10.3 Å². The Hall–Kier alpha value is -3.45. The highest BCUT2D eigenvalue weighted by Gasteiger charge is 2.13. The van der Waals surface area contributed by atoms with Crippen LogP contribution in [0.1, 0.15) is 18.1 Å². The zero-order chi connectivity index (χ0) is 21.8. The molecule has 2 aromatic carbocycles. The van der Waals surface area contributed by atoms with Crippen LogP contribution in [0, 0.1) is 11.6 Å². The topological polar surface area (TPSA) is 68.3 Å². The van der Waals surface area contributed by atoms with Gasteiger partial charge in [0.25, 0.3) is 0 Å². The van der Waals surface area contributed by atoms with Gasteiger partial charge in [-0.25, -0.2) is 13.8 Å². The number of halogens is 3. The molecule has 0 aliphatic rings. The van der Waals surface area contributed by atoms with Gasteiger partial charge in [0.15, 0.2) is 11.7 Å². The Morgan fingerprint density at radius 3 is 2.58 bits per heavy atom. The van der Waals surface area contributed by atoms with Crippen molar-refractivity contribution >= 4 is 17.5 Å². The van der Waals surface area contributed by atoms with Crippen molar-refractivity contribution < 1.29 is 22.4 Å². The first-order chi connectivity index (χ1) is 15.0. The normalized spacial score (nSPS) is 10.9. The van der Waals surface area contributed by atoms with Gasteiger partial charge >= 0.3 is 0 Å². The smallest absolute Gasteiger partial charge is 0.220 e. The molecule has 4 aromatic rings. The quantitative estimate of drug-likeness (QED) is 0.394. The number of amides is 1. The molecule has 4 rings (SSSR count). The SMILES string of the molecule is O=C(CCc1ncc(-c2ccc(F)cc2F)o1)NCc1ccc(-c2ccc(Cl)cc2)o1. The molecule has 0 aliphatic carbocycles. The molecule has 0 atom stereocenters. The maximum atomic E-state index is 13.8. The second kappa shape index (κ2) is 9.14. The van der Waals surface area contributed by atoms with Crippen LogP contribution in [-0.2, 0) is 17.8 Å². The molecule has 0 saturated heterocycles. The molecule has 0 saturated carbocycles. The summed E-state index contributed by atoms with van der Waals surface area (Å²) >= 11 is 5.89. The summed E-state index contributed by atoms with van der Waals surface area (Å²) in [6.07, 6.45) is 1.73. The van der Waals surface area contributed by atoms with Gasteiger partial charge in [-0.15, -0.1) is 0 Å². The van der Waals surface area contributed by atoms with Crippen LogP contribution in [0.25, 0.3) is 22.6 Å². The van der Waals surface area contributed by atoms with Crippen molar-refractivity contribution in [2.45, 2.75) is 19.4 Å². The third-order valence-electron chi connectivity index (χ3n) is 4.57. The maximum absolute atomic E-state index is 13.8. The van der Waals surface area contributed by atoms with Crippen molar-refractivity contribution in [2.75, 3.05) is 0 Å². The Balaban J connectivity index is 1.28. The van der Waals surface area contributed by atoms with E-state index in [1.54, 1.807) is 18.2 Å². The van der Waals surface area contributed by atoms with E-state index in [9.17, 15) is 13.6 Å². The van der Waals surface area contributed by atoms with E-state index in [0.29, 0.717) is 16.5 Å². The fourth-order valence-corrected chi connectivity index (χ4v) is 3.10. The van der Waals surface area contributed by atoms with Crippen molar-refractivity contribution in [1.29, 1.82) is 0 Å². The molecule has 0 spiro atoms. The Labute approximate surface area is 181 Å². The number of nitrogens with zero attached hydrogens (tertiary/aromatic N) is 1. The van der Waals surface area contributed by atoms with Gasteiger partial charge in [-0.3, -0.25) is 4.79 Å². The van der Waals surface area contributed by atoms with Crippen molar-refractivity contribution in [1.82, 2.24) is 10.3 Å². The van der Waals surface area contributed by atoms with Crippen molar-refractivity contribution in [3.05, 3.63) is 89.1 Å². The molecule has 1 N–H and O–H groups in total. The molecule has 8 heteroatoms. The van der Waals surface area contributed by atoms with Gasteiger partial charge in [-0.1, -0.05) is 11.6 Å². The zero-order valence-corrected chi connectivity index (χ0v) is 17.0. The summed E-state index contributed by atoms with van der Waals surface area (Å²) in [6.45, 7) is 0.240. The number of carbonyl (C=O) groups excluding carboxylic acids is 1. The summed E-state index contributed by atoms with van der Waals surface area (Å²) in [5.41, 5.74) is 0.998. The fourth-order valence-electron chi connectivity index (χ4n) is 2.98. The lowest BCUT2D eigenvalue weighted by atomic mass is 10.2. The minimum absolute atomic E-state index is 0.110. The van der Waals surface area contributed by atoms with Crippen molar-refractivity contribution in [2.24, 2.45) is 0 Å². The summed E-state index contributed by atoms with van der Waals surface area (Å²) in [5.74, 6) is 0.142. The van der Waals surface area contributed by atoms with E-state index in [1.165, 1.54) is 12.3 Å². The standard InChI is InChI=1S/C23H17ClF2N2O3/c24-15-3-1-14(2-4-15)20-8-6-17(30-20)12-27-22(29)9-10-23-28-13-21(31-23)18-7-5-16(25)11-19(18)26/h1-8,11,13H,9-10,12H2,(H,27,29). The number of nitrogens with one attached hydrogen (secondary N) is 1. The lowest BCUT2D eigenvalue weighted by molar-refractivity contribution is -0.121. The number of hydrogen-bond donors (Lipinski definition) is 1. The first kappa shape index (κ1) is 20.8. The van der Waals surface area contributed by atoms with Crippen molar-refractivity contribution in [3.8, 4) is 22.6 Å². The second-order valence-corrected chi connectivity index (χ2v) is 7.23. The van der Waals surface area contributed by atoms with Gasteiger partial charge in [0, 0.05) is 29.5 Å². The van der Waals surface area contributed by atoms with E-state index in [4.69, 9.17) is 20.4 Å². The molecular formula is C23H17ClF2N2O3. The van der Waals surface area contributed by atoms with Crippen LogP contribution in [-0.4, -0.2) is 10.9 Å². The predicted octanol–water partition coefficient (Wildman–Crippen LogP) is 5.78. The number of hydrogen-bond acceptors (Lipinski definition) is 4. The van der Waals surface area contributed by atoms with Crippen LogP contribution < -0.4 is 5.32 Å². The van der Waals surface area contributed by atoms with Crippen LogP contribution in [0.5, 0.6) is 0 Å². The Kier molecular flexibility index (Phi) is 6.13. The Morgan fingerprint density at radius 2 is 1.81 bits per heavy atom. The number of carbonyl (C=O) groups is 1. The molecule has 5 nitrogen and oxygen atoms in total. The Bertz CT molecular complexity index is 1200. The van der Waals surface area contributed by atoms with Crippen LogP contribution in [0.15, 0.2) is 69.6 Å². The van der Waals surface area contributed by atoms with Crippen LogP contribution >= 0.6 is 11.6 Å². The van der Waals surface area contributed by atoms with E-state index in [-0.39, 0.29) is 42.5 Å². The van der Waals surface area contributed by atoms with Crippen LogP contribution in [0.4, 0.5) is 8.78 Å². The van der Waals surface area contributed by atoms with Gasteiger partial charge in [0.2, 0.25) is 5.91 Å². The number of furan rings is 1. The fraction of sp³-hybridized carbons (Fsp3) is 0.130. The van der Waals surface area contributed by atoms with Gasteiger partial charge in [0.1, 0.15) is 23.2 Å². The van der Waals surface area contributed by atoms with E-state index >= 15 is 0 Å². The van der Waals surface area contributed by atoms with Crippen LogP contribution in [0.2, 0.25) is 5.02 Å². The number of aromatic nitrogens is 1. The number of oxazole rings is 1. The molecule has 0 unspecified atom stereocenters. The van der Waals surface area contributed by atoms with Gasteiger partial charge in [-0.05, 0) is 48.5 Å². The zero-order valence-electron chi connectivity index (χ0n) is 16.2. The highest BCUT2D eigenvalue weighted by molar-refractivity contribution is 6.30. The average molecular weight is 443 g/mol. The summed E-state index contributed by atoms with van der Waals surface area (Å²) in [6, 6.07) is 14.1. The molecule has 1 amide bonds. The monoisotopic (exact) mass is 442 g/mol. The molecule has 0 fully saturated rings.